The van der Waals surface area contributed by atoms with Gasteiger partial charge in [-0.3, -0.25) is 0 Å². The summed E-state index contributed by atoms with van der Waals surface area (Å²) in [6, 6.07) is 11.2. The van der Waals surface area contributed by atoms with E-state index < -0.39 is 0 Å². The minimum Gasteiger partial charge on any atom is -0.350 e. The quantitative estimate of drug-likeness (QED) is 0.752. The molecular weight excluding hydrogens is 250 g/mol. The highest BCUT2D eigenvalue weighted by molar-refractivity contribution is 5.14. The van der Waals surface area contributed by atoms with Gasteiger partial charge in [0.15, 0.2) is 6.29 Å². The number of rotatable bonds is 9. The second-order valence-electron chi connectivity index (χ2n) is 5.44. The van der Waals surface area contributed by atoms with E-state index in [9.17, 15) is 0 Å². The van der Waals surface area contributed by atoms with Gasteiger partial charge in [-0.1, -0.05) is 37.3 Å². The Bertz CT molecular complexity index is 349. The first-order valence-corrected chi connectivity index (χ1v) is 7.89. The van der Waals surface area contributed by atoms with Crippen LogP contribution in [0.3, 0.4) is 0 Å². The maximum absolute atomic E-state index is 5.57. The van der Waals surface area contributed by atoms with Gasteiger partial charge in [0.05, 0.1) is 13.2 Å². The monoisotopic (exact) mass is 277 g/mol. The van der Waals surface area contributed by atoms with Crippen molar-refractivity contribution < 1.29 is 9.47 Å². The molecule has 1 atom stereocenters. The summed E-state index contributed by atoms with van der Waals surface area (Å²) in [7, 11) is 0. The fraction of sp³-hybridized carbons (Fsp3) is 0.647. The standard InChI is InChI=1S/C17H27NO2/c1-2-11-18-16(14-17-19-12-13-20-17)10-6-9-15-7-4-3-5-8-15/h3-5,7-8,16-18H,2,6,9-14H2,1H3. The van der Waals surface area contributed by atoms with Crippen molar-refractivity contribution in [2.75, 3.05) is 19.8 Å². The van der Waals surface area contributed by atoms with Crippen LogP contribution in [-0.2, 0) is 15.9 Å². The van der Waals surface area contributed by atoms with E-state index in [2.05, 4.69) is 42.6 Å². The van der Waals surface area contributed by atoms with Gasteiger partial charge in [0.1, 0.15) is 0 Å². The predicted molar refractivity (Wildman–Crippen MR) is 81.8 cm³/mol. The minimum atomic E-state index is 0.00100. The van der Waals surface area contributed by atoms with E-state index in [1.807, 2.05) is 0 Å². The third kappa shape index (κ3) is 5.61. The maximum atomic E-state index is 5.57. The SMILES string of the molecule is CCCNC(CCCc1ccccc1)CC1OCCO1. The first-order valence-electron chi connectivity index (χ1n) is 7.89. The van der Waals surface area contributed by atoms with E-state index in [-0.39, 0.29) is 6.29 Å². The summed E-state index contributed by atoms with van der Waals surface area (Å²) in [5.41, 5.74) is 1.43. The summed E-state index contributed by atoms with van der Waals surface area (Å²) in [6.07, 6.45) is 5.67. The van der Waals surface area contributed by atoms with Crippen molar-refractivity contribution in [3.05, 3.63) is 35.9 Å². The Morgan fingerprint density at radius 1 is 1.20 bits per heavy atom. The third-order valence-corrected chi connectivity index (χ3v) is 3.71. The molecule has 20 heavy (non-hydrogen) atoms. The molecular formula is C17H27NO2. The molecule has 1 aromatic rings. The van der Waals surface area contributed by atoms with Crippen LogP contribution in [0.15, 0.2) is 30.3 Å². The van der Waals surface area contributed by atoms with Crippen LogP contribution in [0.1, 0.15) is 38.2 Å². The van der Waals surface area contributed by atoms with Gasteiger partial charge in [-0.25, -0.2) is 0 Å². The number of hydrogen-bond acceptors (Lipinski definition) is 3. The van der Waals surface area contributed by atoms with Crippen LogP contribution >= 0.6 is 0 Å². The van der Waals surface area contributed by atoms with Crippen molar-refractivity contribution in [1.82, 2.24) is 5.32 Å². The molecule has 1 heterocycles. The van der Waals surface area contributed by atoms with Crippen molar-refractivity contribution in [3.8, 4) is 0 Å². The average molecular weight is 277 g/mol. The fourth-order valence-electron chi connectivity index (χ4n) is 2.62. The van der Waals surface area contributed by atoms with Crippen molar-refractivity contribution in [2.45, 2.75) is 51.4 Å². The maximum Gasteiger partial charge on any atom is 0.159 e. The average Bonchev–Trinajstić information content (AvgIpc) is 2.98. The summed E-state index contributed by atoms with van der Waals surface area (Å²) in [5.74, 6) is 0. The highest BCUT2D eigenvalue weighted by atomic mass is 16.7. The van der Waals surface area contributed by atoms with Gasteiger partial charge in [0.25, 0.3) is 0 Å². The molecule has 1 aromatic carbocycles. The molecule has 1 N–H and O–H groups in total. The Morgan fingerprint density at radius 2 is 1.95 bits per heavy atom. The van der Waals surface area contributed by atoms with Crippen molar-refractivity contribution in [2.24, 2.45) is 0 Å². The molecule has 112 valence electrons. The van der Waals surface area contributed by atoms with Crippen LogP contribution in [0.4, 0.5) is 0 Å². The zero-order chi connectivity index (χ0) is 14.0. The smallest absolute Gasteiger partial charge is 0.159 e. The summed E-state index contributed by atoms with van der Waals surface area (Å²) >= 11 is 0. The molecule has 3 heteroatoms. The van der Waals surface area contributed by atoms with Crippen LogP contribution in [-0.4, -0.2) is 32.1 Å². The predicted octanol–water partition coefficient (Wildman–Crippen LogP) is 3.14. The molecule has 0 spiro atoms. The van der Waals surface area contributed by atoms with E-state index in [0.29, 0.717) is 6.04 Å². The van der Waals surface area contributed by atoms with Gasteiger partial charge in [0, 0.05) is 12.5 Å². The van der Waals surface area contributed by atoms with Crippen molar-refractivity contribution in [1.29, 1.82) is 0 Å². The van der Waals surface area contributed by atoms with Gasteiger partial charge in [0.2, 0.25) is 0 Å². The number of benzene rings is 1. The largest absolute Gasteiger partial charge is 0.350 e. The Hall–Kier alpha value is -0.900. The molecule has 0 aromatic heterocycles. The Balaban J connectivity index is 1.71. The molecule has 1 saturated heterocycles. The Morgan fingerprint density at radius 3 is 2.65 bits per heavy atom. The van der Waals surface area contributed by atoms with Gasteiger partial charge in [-0.15, -0.1) is 0 Å². The lowest BCUT2D eigenvalue weighted by Gasteiger charge is -2.21. The first-order chi connectivity index (χ1) is 9.88. The summed E-state index contributed by atoms with van der Waals surface area (Å²) in [4.78, 5) is 0. The van der Waals surface area contributed by atoms with Gasteiger partial charge >= 0.3 is 0 Å². The van der Waals surface area contributed by atoms with E-state index in [4.69, 9.17) is 9.47 Å². The third-order valence-electron chi connectivity index (χ3n) is 3.71. The number of aryl methyl sites for hydroxylation is 1. The van der Waals surface area contributed by atoms with Crippen LogP contribution in [0.5, 0.6) is 0 Å². The molecule has 0 bridgehead atoms. The van der Waals surface area contributed by atoms with E-state index in [1.54, 1.807) is 0 Å². The van der Waals surface area contributed by atoms with E-state index in [0.717, 1.165) is 32.6 Å². The van der Waals surface area contributed by atoms with Gasteiger partial charge in [-0.2, -0.15) is 0 Å². The highest BCUT2D eigenvalue weighted by Gasteiger charge is 2.20. The van der Waals surface area contributed by atoms with Crippen LogP contribution in [0.25, 0.3) is 0 Å². The lowest BCUT2D eigenvalue weighted by atomic mass is 10.0. The number of ether oxygens (including phenoxy) is 2. The van der Waals surface area contributed by atoms with Crippen molar-refractivity contribution in [3.63, 3.8) is 0 Å². The lowest BCUT2D eigenvalue weighted by molar-refractivity contribution is -0.0532. The molecule has 0 amide bonds. The van der Waals surface area contributed by atoms with E-state index >= 15 is 0 Å². The summed E-state index contributed by atoms with van der Waals surface area (Å²) < 4.78 is 11.1. The first kappa shape index (κ1) is 15.5. The Labute approximate surface area is 122 Å². The normalized spacial score (nSPS) is 17.4. The molecule has 1 aliphatic heterocycles. The number of hydrogen-bond donors (Lipinski definition) is 1. The Kier molecular flexibility index (Phi) is 7.06. The molecule has 0 radical (unpaired) electrons. The van der Waals surface area contributed by atoms with E-state index in [1.165, 1.54) is 24.8 Å². The molecule has 0 saturated carbocycles. The molecule has 1 fully saturated rings. The van der Waals surface area contributed by atoms with Crippen LogP contribution in [0.2, 0.25) is 0 Å². The molecule has 3 nitrogen and oxygen atoms in total. The van der Waals surface area contributed by atoms with Gasteiger partial charge < -0.3 is 14.8 Å². The second kappa shape index (κ2) is 9.11. The summed E-state index contributed by atoms with van der Waals surface area (Å²) in [5, 5.41) is 3.62. The fourth-order valence-corrected chi connectivity index (χ4v) is 2.62. The molecule has 1 aliphatic rings. The molecule has 1 unspecified atom stereocenters. The van der Waals surface area contributed by atoms with Gasteiger partial charge in [-0.05, 0) is 37.8 Å². The minimum absolute atomic E-state index is 0.00100. The van der Waals surface area contributed by atoms with Crippen molar-refractivity contribution >= 4 is 0 Å². The second-order valence-corrected chi connectivity index (χ2v) is 5.44. The topological polar surface area (TPSA) is 30.5 Å². The lowest BCUT2D eigenvalue weighted by Crippen LogP contribution is -2.33. The zero-order valence-electron chi connectivity index (χ0n) is 12.5. The molecule has 0 aliphatic carbocycles. The highest BCUT2D eigenvalue weighted by Crippen LogP contribution is 2.15. The number of nitrogens with one attached hydrogen (secondary N) is 1. The molecule has 2 rings (SSSR count). The zero-order valence-corrected chi connectivity index (χ0v) is 12.5. The van der Waals surface area contributed by atoms with Crippen LogP contribution < -0.4 is 5.32 Å². The summed E-state index contributed by atoms with van der Waals surface area (Å²) in [6.45, 7) is 4.77. The van der Waals surface area contributed by atoms with Crippen LogP contribution in [0, 0.1) is 0 Å².